The number of esters is 2. The standard InChI is InChI=1S/C61H120N2O6/c1-8-13-18-23-24-29-34-43-54-63(55-44-53-62(6)7)61(66)69-58(49-39-30-25-27-32-41-51-59(64)67-56(45-35-19-14-9-2)46-36-20-15-10-3)50-40-31-26-28-33-42-52-60(65)68-57(47-37-21-16-11-4)48-38-22-17-12-5/h56-58H,8-55H2,1-7H3. The zero-order valence-electron chi connectivity index (χ0n) is 47.5. The number of ether oxygens (including phenoxy) is 3. The average molecular weight is 978 g/mol. The van der Waals surface area contributed by atoms with Gasteiger partial charge in [-0.2, -0.15) is 0 Å². The summed E-state index contributed by atoms with van der Waals surface area (Å²) in [5.41, 5.74) is 0. The second-order valence-electron chi connectivity index (χ2n) is 21.6. The second kappa shape index (κ2) is 52.5. The second-order valence-corrected chi connectivity index (χ2v) is 21.6. The van der Waals surface area contributed by atoms with Gasteiger partial charge < -0.3 is 24.0 Å². The zero-order valence-corrected chi connectivity index (χ0v) is 47.5. The van der Waals surface area contributed by atoms with Crippen LogP contribution >= 0.6 is 0 Å². The Morgan fingerprint density at radius 1 is 0.304 bits per heavy atom. The van der Waals surface area contributed by atoms with Gasteiger partial charge in [-0.3, -0.25) is 9.59 Å². The van der Waals surface area contributed by atoms with E-state index in [2.05, 4.69) is 53.6 Å². The van der Waals surface area contributed by atoms with Crippen molar-refractivity contribution in [1.82, 2.24) is 9.80 Å². The highest BCUT2D eigenvalue weighted by Gasteiger charge is 2.21. The lowest BCUT2D eigenvalue weighted by Crippen LogP contribution is -2.37. The highest BCUT2D eigenvalue weighted by Crippen LogP contribution is 2.22. The number of unbranched alkanes of at least 4 members (excludes halogenated alkanes) is 29. The molecule has 0 aliphatic carbocycles. The molecule has 0 bridgehead atoms. The van der Waals surface area contributed by atoms with Crippen LogP contribution in [0.3, 0.4) is 0 Å². The molecule has 0 radical (unpaired) electrons. The Labute approximate surface area is 430 Å². The molecule has 0 aromatic rings. The third-order valence-corrected chi connectivity index (χ3v) is 14.3. The molecule has 0 aromatic heterocycles. The Kier molecular flexibility index (Phi) is 51.1. The Hall–Kier alpha value is -1.83. The Balaban J connectivity index is 5.08. The minimum atomic E-state index is -0.117. The maximum Gasteiger partial charge on any atom is 0.410 e. The van der Waals surface area contributed by atoms with E-state index in [0.29, 0.717) is 12.8 Å². The summed E-state index contributed by atoms with van der Waals surface area (Å²) in [4.78, 5) is 43.7. The van der Waals surface area contributed by atoms with Crippen molar-refractivity contribution in [2.24, 2.45) is 0 Å². The molecule has 0 spiro atoms. The third kappa shape index (κ3) is 47.0. The Morgan fingerprint density at radius 3 is 0.899 bits per heavy atom. The fraction of sp³-hybridized carbons (Fsp3) is 0.951. The van der Waals surface area contributed by atoms with E-state index >= 15 is 0 Å². The minimum absolute atomic E-state index is 0.00111. The molecule has 0 aliphatic heterocycles. The molecule has 0 aliphatic rings. The number of hydrogen-bond acceptors (Lipinski definition) is 7. The maximum absolute atomic E-state index is 13.9. The highest BCUT2D eigenvalue weighted by atomic mass is 16.6. The molecule has 69 heavy (non-hydrogen) atoms. The van der Waals surface area contributed by atoms with Gasteiger partial charge in [-0.15, -0.1) is 0 Å². The monoisotopic (exact) mass is 977 g/mol. The van der Waals surface area contributed by atoms with Gasteiger partial charge in [-0.1, -0.05) is 208 Å². The molecule has 0 unspecified atom stereocenters. The fourth-order valence-electron chi connectivity index (χ4n) is 9.69. The van der Waals surface area contributed by atoms with Crippen LogP contribution in [0, 0.1) is 0 Å². The summed E-state index contributed by atoms with van der Waals surface area (Å²) in [6.07, 6.45) is 50.4. The van der Waals surface area contributed by atoms with Crippen LogP contribution in [0.2, 0.25) is 0 Å². The van der Waals surface area contributed by atoms with Crippen LogP contribution in [0.5, 0.6) is 0 Å². The van der Waals surface area contributed by atoms with E-state index in [1.54, 1.807) is 0 Å². The van der Waals surface area contributed by atoms with Crippen molar-refractivity contribution < 1.29 is 28.6 Å². The summed E-state index contributed by atoms with van der Waals surface area (Å²) in [6, 6.07) is 0. The molecule has 0 heterocycles. The summed E-state index contributed by atoms with van der Waals surface area (Å²) >= 11 is 0. The van der Waals surface area contributed by atoms with E-state index in [1.807, 2.05) is 4.90 Å². The van der Waals surface area contributed by atoms with Gasteiger partial charge in [0.2, 0.25) is 0 Å². The summed E-state index contributed by atoms with van der Waals surface area (Å²) in [5.74, 6) is -0.00221. The summed E-state index contributed by atoms with van der Waals surface area (Å²) in [7, 11) is 4.20. The topological polar surface area (TPSA) is 85.4 Å². The average Bonchev–Trinajstić information content (AvgIpc) is 3.33. The van der Waals surface area contributed by atoms with Gasteiger partial charge >= 0.3 is 18.0 Å². The molecule has 8 heteroatoms. The molecule has 0 N–H and O–H groups in total. The lowest BCUT2D eigenvalue weighted by Gasteiger charge is -2.26. The minimum Gasteiger partial charge on any atom is -0.462 e. The van der Waals surface area contributed by atoms with Crippen molar-refractivity contribution in [2.75, 3.05) is 33.7 Å². The first-order valence-electron chi connectivity index (χ1n) is 30.7. The number of amides is 1. The van der Waals surface area contributed by atoms with Gasteiger partial charge in [0.1, 0.15) is 18.3 Å². The molecule has 8 nitrogen and oxygen atoms in total. The van der Waals surface area contributed by atoms with E-state index in [-0.39, 0.29) is 36.3 Å². The molecular formula is C61H120N2O6. The molecule has 1 amide bonds. The maximum atomic E-state index is 13.9. The van der Waals surface area contributed by atoms with Gasteiger partial charge in [-0.25, -0.2) is 4.79 Å². The highest BCUT2D eigenvalue weighted by molar-refractivity contribution is 5.70. The number of carbonyl (C=O) groups excluding carboxylic acids is 3. The van der Waals surface area contributed by atoms with E-state index in [4.69, 9.17) is 14.2 Å². The van der Waals surface area contributed by atoms with Crippen LogP contribution in [0.4, 0.5) is 4.79 Å². The summed E-state index contributed by atoms with van der Waals surface area (Å²) in [6.45, 7) is 13.7. The van der Waals surface area contributed by atoms with Gasteiger partial charge in [-0.05, 0) is 123 Å². The number of rotatable bonds is 54. The lowest BCUT2D eigenvalue weighted by molar-refractivity contribution is -0.151. The van der Waals surface area contributed by atoms with Gasteiger partial charge in [0.15, 0.2) is 0 Å². The predicted molar refractivity (Wildman–Crippen MR) is 296 cm³/mol. The van der Waals surface area contributed by atoms with Gasteiger partial charge in [0.05, 0.1) is 0 Å². The smallest absolute Gasteiger partial charge is 0.410 e. The van der Waals surface area contributed by atoms with Crippen LogP contribution in [-0.2, 0) is 23.8 Å². The first-order chi connectivity index (χ1) is 33.7. The summed E-state index contributed by atoms with van der Waals surface area (Å²) in [5, 5.41) is 0. The first kappa shape index (κ1) is 67.2. The van der Waals surface area contributed by atoms with Crippen molar-refractivity contribution in [1.29, 1.82) is 0 Å². The fourth-order valence-corrected chi connectivity index (χ4v) is 9.69. The Morgan fingerprint density at radius 2 is 0.565 bits per heavy atom. The molecular weight excluding hydrogens is 857 g/mol. The van der Waals surface area contributed by atoms with E-state index in [9.17, 15) is 14.4 Å². The van der Waals surface area contributed by atoms with Crippen LogP contribution in [0.25, 0.3) is 0 Å². The Bertz CT molecular complexity index is 1020. The quantitative estimate of drug-likeness (QED) is 0.0341. The van der Waals surface area contributed by atoms with Gasteiger partial charge in [0.25, 0.3) is 0 Å². The van der Waals surface area contributed by atoms with E-state index in [0.717, 1.165) is 174 Å². The molecule has 0 fully saturated rings. The van der Waals surface area contributed by atoms with Crippen molar-refractivity contribution in [3.8, 4) is 0 Å². The third-order valence-electron chi connectivity index (χ3n) is 14.3. The van der Waals surface area contributed by atoms with E-state index in [1.165, 1.54) is 122 Å². The van der Waals surface area contributed by atoms with Crippen molar-refractivity contribution in [3.05, 3.63) is 0 Å². The van der Waals surface area contributed by atoms with Crippen molar-refractivity contribution in [3.63, 3.8) is 0 Å². The molecule has 0 saturated carbocycles. The number of nitrogens with zero attached hydrogens (tertiary/aromatic N) is 2. The number of carbonyl (C=O) groups is 3. The van der Waals surface area contributed by atoms with Crippen molar-refractivity contribution in [2.45, 2.75) is 342 Å². The SMILES string of the molecule is CCCCCCCCCCN(CCCN(C)C)C(=O)OC(CCCCCCCCC(=O)OC(CCCCCC)CCCCCC)CCCCCCCCC(=O)OC(CCCCCC)CCCCCC. The molecule has 0 atom stereocenters. The molecule has 0 aromatic carbocycles. The van der Waals surface area contributed by atoms with Crippen LogP contribution < -0.4 is 0 Å². The molecule has 0 rings (SSSR count). The zero-order chi connectivity index (χ0) is 50.7. The normalized spacial score (nSPS) is 11.7. The lowest BCUT2D eigenvalue weighted by atomic mass is 10.0. The van der Waals surface area contributed by atoms with Gasteiger partial charge in [0, 0.05) is 25.9 Å². The van der Waals surface area contributed by atoms with Crippen molar-refractivity contribution >= 4 is 18.0 Å². The first-order valence-corrected chi connectivity index (χ1v) is 30.7. The van der Waals surface area contributed by atoms with E-state index < -0.39 is 0 Å². The predicted octanol–water partition coefficient (Wildman–Crippen LogP) is 18.8. The van der Waals surface area contributed by atoms with Crippen LogP contribution in [0.1, 0.15) is 324 Å². The van der Waals surface area contributed by atoms with Crippen LogP contribution in [0.15, 0.2) is 0 Å². The largest absolute Gasteiger partial charge is 0.462 e. The molecule has 410 valence electrons. The molecule has 0 saturated heterocycles. The van der Waals surface area contributed by atoms with Crippen LogP contribution in [-0.4, -0.2) is 79.9 Å². The number of hydrogen-bond donors (Lipinski definition) is 0. The summed E-state index contributed by atoms with van der Waals surface area (Å²) < 4.78 is 18.5.